The third-order valence-electron chi connectivity index (χ3n) is 3.65. The largest absolute Gasteiger partial charge is 0.460 e. The minimum atomic E-state index is -0.605. The molecule has 10 heteroatoms. The summed E-state index contributed by atoms with van der Waals surface area (Å²) < 4.78 is 12.0. The summed E-state index contributed by atoms with van der Waals surface area (Å²) >= 11 is 5.91. The summed E-state index contributed by atoms with van der Waals surface area (Å²) in [4.78, 5) is 36.9. The van der Waals surface area contributed by atoms with Gasteiger partial charge in [0.15, 0.2) is 0 Å². The lowest BCUT2D eigenvalue weighted by Gasteiger charge is -2.22. The van der Waals surface area contributed by atoms with Crippen LogP contribution in [0.1, 0.15) is 50.8 Å². The molecule has 0 radical (unpaired) electrons. The fourth-order valence-electron chi connectivity index (χ4n) is 2.56. The van der Waals surface area contributed by atoms with Crippen LogP contribution in [0.25, 0.3) is 11.4 Å². The summed E-state index contributed by atoms with van der Waals surface area (Å²) in [5.41, 5.74) is 1.13. The maximum Gasteiger partial charge on any atom is 0.407 e. The number of carbonyl (C=O) groups excluding carboxylic acids is 2. The number of carbonyl (C=O) groups is 2. The molecule has 2 aromatic heterocycles. The smallest absolute Gasteiger partial charge is 0.407 e. The van der Waals surface area contributed by atoms with Gasteiger partial charge in [0.05, 0.1) is 12.3 Å². The van der Waals surface area contributed by atoms with Crippen molar-refractivity contribution < 1.29 is 19.1 Å². The van der Waals surface area contributed by atoms with E-state index in [1.54, 1.807) is 51.6 Å². The molecule has 1 atom stereocenters. The second-order valence-corrected chi connectivity index (χ2v) is 7.88. The van der Waals surface area contributed by atoms with Gasteiger partial charge in [0.1, 0.15) is 11.3 Å². The van der Waals surface area contributed by atoms with Crippen molar-refractivity contribution in [3.05, 3.63) is 29.1 Å². The maximum atomic E-state index is 12.4. The number of nitrogens with zero attached hydrogens (tertiary/aromatic N) is 4. The SMILES string of the molecule is CCOC(=O)c1nc(-c2nc(Cl)ncc2C)cn1C[C@H](C)NC(=O)OC(C)(C)C. The quantitative estimate of drug-likeness (QED) is 0.560. The summed E-state index contributed by atoms with van der Waals surface area (Å²) in [7, 11) is 0. The molecule has 0 saturated carbocycles. The molecule has 0 bridgehead atoms. The Balaban J connectivity index is 2.29. The lowest BCUT2D eigenvalue weighted by molar-refractivity contribution is 0.0501. The summed E-state index contributed by atoms with van der Waals surface area (Å²) in [5, 5.41) is 2.83. The number of hydrogen-bond acceptors (Lipinski definition) is 7. The third-order valence-corrected chi connectivity index (χ3v) is 3.84. The number of hydrogen-bond donors (Lipinski definition) is 1. The van der Waals surface area contributed by atoms with E-state index < -0.39 is 17.7 Å². The van der Waals surface area contributed by atoms with Gasteiger partial charge in [0.25, 0.3) is 0 Å². The zero-order valence-corrected chi connectivity index (χ0v) is 18.2. The van der Waals surface area contributed by atoms with Gasteiger partial charge in [-0.15, -0.1) is 0 Å². The molecule has 158 valence electrons. The number of rotatable bonds is 6. The lowest BCUT2D eigenvalue weighted by atomic mass is 10.2. The average molecular weight is 424 g/mol. The second kappa shape index (κ2) is 9.21. The van der Waals surface area contributed by atoms with Gasteiger partial charge in [-0.25, -0.2) is 24.5 Å². The Morgan fingerprint density at radius 1 is 1.31 bits per heavy atom. The lowest BCUT2D eigenvalue weighted by Crippen LogP contribution is -2.39. The van der Waals surface area contributed by atoms with Crippen LogP contribution in [0, 0.1) is 6.92 Å². The molecule has 0 aromatic carbocycles. The number of aryl methyl sites for hydroxylation is 1. The number of nitrogens with one attached hydrogen (secondary N) is 1. The summed E-state index contributed by atoms with van der Waals surface area (Å²) in [6, 6.07) is -0.338. The van der Waals surface area contributed by atoms with Crippen molar-refractivity contribution in [2.75, 3.05) is 6.61 Å². The van der Waals surface area contributed by atoms with Gasteiger partial charge in [-0.2, -0.15) is 0 Å². The first-order valence-corrected chi connectivity index (χ1v) is 9.61. The van der Waals surface area contributed by atoms with Gasteiger partial charge < -0.3 is 19.4 Å². The summed E-state index contributed by atoms with van der Waals surface area (Å²) in [6.45, 7) is 11.2. The first-order valence-electron chi connectivity index (χ1n) is 9.23. The molecule has 0 aliphatic rings. The first-order chi connectivity index (χ1) is 13.5. The Hall–Kier alpha value is -2.68. The van der Waals surface area contributed by atoms with Crippen LogP contribution in [0.3, 0.4) is 0 Å². The second-order valence-electron chi connectivity index (χ2n) is 7.54. The van der Waals surface area contributed by atoms with Crippen molar-refractivity contribution >= 4 is 23.7 Å². The van der Waals surface area contributed by atoms with Crippen molar-refractivity contribution in [2.24, 2.45) is 0 Å². The monoisotopic (exact) mass is 423 g/mol. The number of aromatic nitrogens is 4. The van der Waals surface area contributed by atoms with E-state index in [-0.39, 0.29) is 30.3 Å². The predicted molar refractivity (Wildman–Crippen MR) is 108 cm³/mol. The number of ether oxygens (including phenoxy) is 2. The maximum absolute atomic E-state index is 12.4. The van der Waals surface area contributed by atoms with Gasteiger partial charge in [-0.3, -0.25) is 0 Å². The molecule has 9 nitrogen and oxygen atoms in total. The molecule has 0 saturated heterocycles. The fraction of sp³-hybridized carbons (Fsp3) is 0.526. The zero-order valence-electron chi connectivity index (χ0n) is 17.4. The van der Waals surface area contributed by atoms with Gasteiger partial charge in [-0.05, 0) is 58.7 Å². The van der Waals surface area contributed by atoms with Gasteiger partial charge in [0.2, 0.25) is 11.1 Å². The minimum absolute atomic E-state index is 0.0813. The normalized spacial score (nSPS) is 12.4. The molecule has 1 N–H and O–H groups in total. The van der Waals surface area contributed by atoms with Gasteiger partial charge in [-0.1, -0.05) is 0 Å². The van der Waals surface area contributed by atoms with Crippen molar-refractivity contribution in [3.63, 3.8) is 0 Å². The van der Waals surface area contributed by atoms with Crippen molar-refractivity contribution in [3.8, 4) is 11.4 Å². The molecule has 0 aliphatic carbocycles. The third kappa shape index (κ3) is 6.42. The van der Waals surface area contributed by atoms with Crippen molar-refractivity contribution in [1.82, 2.24) is 24.8 Å². The van der Waals surface area contributed by atoms with Crippen LogP contribution in [0.4, 0.5) is 4.79 Å². The molecule has 2 rings (SSSR count). The highest BCUT2D eigenvalue weighted by atomic mass is 35.5. The Kier molecular flexibility index (Phi) is 7.18. The highest BCUT2D eigenvalue weighted by Crippen LogP contribution is 2.22. The average Bonchev–Trinajstić information content (AvgIpc) is 2.98. The molecular formula is C19H26ClN5O4. The van der Waals surface area contributed by atoms with Gasteiger partial charge in [0, 0.05) is 25.0 Å². The molecular weight excluding hydrogens is 398 g/mol. The highest BCUT2D eigenvalue weighted by Gasteiger charge is 2.23. The van der Waals surface area contributed by atoms with E-state index in [4.69, 9.17) is 21.1 Å². The van der Waals surface area contributed by atoms with Crippen LogP contribution >= 0.6 is 11.6 Å². The van der Waals surface area contributed by atoms with E-state index in [9.17, 15) is 9.59 Å². The Morgan fingerprint density at radius 3 is 2.62 bits per heavy atom. The van der Waals surface area contributed by atoms with E-state index in [0.717, 1.165) is 5.56 Å². The number of esters is 1. The van der Waals surface area contributed by atoms with E-state index >= 15 is 0 Å². The topological polar surface area (TPSA) is 108 Å². The Bertz CT molecular complexity index is 891. The van der Waals surface area contributed by atoms with Crippen LogP contribution in [-0.2, 0) is 16.0 Å². The molecule has 29 heavy (non-hydrogen) atoms. The van der Waals surface area contributed by atoms with E-state index in [2.05, 4.69) is 20.3 Å². The minimum Gasteiger partial charge on any atom is -0.460 e. The first kappa shape index (κ1) is 22.6. The van der Waals surface area contributed by atoms with E-state index in [1.165, 1.54) is 0 Å². The van der Waals surface area contributed by atoms with Crippen molar-refractivity contribution in [1.29, 1.82) is 0 Å². The molecule has 0 aliphatic heterocycles. The Morgan fingerprint density at radius 2 is 2.00 bits per heavy atom. The van der Waals surface area contributed by atoms with Crippen LogP contribution in [0.15, 0.2) is 12.4 Å². The highest BCUT2D eigenvalue weighted by molar-refractivity contribution is 6.28. The van der Waals surface area contributed by atoms with E-state index in [0.29, 0.717) is 11.4 Å². The standard InChI is InChI=1S/C19H26ClN5O4/c1-7-28-16(26)15-23-13(14-11(2)8-21-17(20)24-14)10-25(15)9-12(3)22-18(27)29-19(4,5)6/h8,10,12H,7,9H2,1-6H3,(H,22,27)/t12-/m0/s1. The van der Waals surface area contributed by atoms with Gasteiger partial charge >= 0.3 is 12.1 Å². The summed E-state index contributed by atoms with van der Waals surface area (Å²) in [6.07, 6.45) is 2.72. The fourth-order valence-corrected chi connectivity index (χ4v) is 2.69. The van der Waals surface area contributed by atoms with E-state index in [1.807, 2.05) is 6.92 Å². The Labute approximate surface area is 174 Å². The van der Waals surface area contributed by atoms with Crippen LogP contribution in [0.5, 0.6) is 0 Å². The molecule has 2 aromatic rings. The molecule has 2 heterocycles. The van der Waals surface area contributed by atoms with Crippen LogP contribution in [0.2, 0.25) is 5.28 Å². The molecule has 1 amide bonds. The molecule has 0 spiro atoms. The number of imidazole rings is 1. The molecule has 0 unspecified atom stereocenters. The molecule has 0 fully saturated rings. The summed E-state index contributed by atoms with van der Waals surface area (Å²) in [5.74, 6) is -0.463. The van der Waals surface area contributed by atoms with Crippen LogP contribution < -0.4 is 5.32 Å². The number of halogens is 1. The number of alkyl carbamates (subject to hydrolysis) is 1. The van der Waals surface area contributed by atoms with Crippen LogP contribution in [-0.4, -0.2) is 49.8 Å². The zero-order chi connectivity index (χ0) is 21.8. The van der Waals surface area contributed by atoms with Crippen molar-refractivity contribution in [2.45, 2.75) is 59.7 Å². The number of amides is 1. The predicted octanol–water partition coefficient (Wildman–Crippen LogP) is 3.39.